The Kier molecular flexibility index (Phi) is 7.48. The summed E-state index contributed by atoms with van der Waals surface area (Å²) >= 11 is 29.5. The van der Waals surface area contributed by atoms with E-state index in [2.05, 4.69) is 143 Å². The molecule has 1 nitrogen and oxygen atoms in total. The Morgan fingerprint density at radius 3 is 0.643 bits per heavy atom. The van der Waals surface area contributed by atoms with E-state index in [-0.39, 0.29) is 0 Å². The molecule has 0 aliphatic heterocycles. The molecule has 0 bridgehead atoms. The van der Waals surface area contributed by atoms with Crippen LogP contribution >= 0.6 is 143 Å². The number of halogens is 9. The number of rotatable bonds is 0. The molecule has 0 rings (SSSR count). The molecular weight excluding hydrogens is 783 g/mol. The molecule has 0 aromatic heterocycles. The molecule has 14 heavy (non-hydrogen) atoms. The van der Waals surface area contributed by atoms with Crippen LogP contribution < -0.4 is 0 Å². The lowest BCUT2D eigenvalue weighted by atomic mass is 10.2. The Balaban J connectivity index is 5.54. The number of hydrogen-bond acceptors (Lipinski definition) is 1. The summed E-state index contributed by atoms with van der Waals surface area (Å²) in [6.07, 6.45) is 0. The van der Waals surface area contributed by atoms with Crippen molar-refractivity contribution in [2.24, 2.45) is 0 Å². The van der Waals surface area contributed by atoms with E-state index < -0.39 is 12.0 Å². The van der Waals surface area contributed by atoms with Crippen molar-refractivity contribution in [3.8, 4) is 0 Å². The highest BCUT2D eigenvalue weighted by molar-refractivity contribution is 9.42. The Labute approximate surface area is 157 Å². The number of alkyl halides is 9. The predicted molar refractivity (Wildman–Crippen MR) is 93.5 cm³/mol. The molecule has 0 atom stereocenters. The average molecular weight is 784 g/mol. The molecule has 0 aliphatic rings. The van der Waals surface area contributed by atoms with E-state index in [1.54, 1.807) is 0 Å². The van der Waals surface area contributed by atoms with Crippen LogP contribution in [0.1, 0.15) is 0 Å². The fraction of sp³-hybridized carbons (Fsp3) is 1.00. The normalized spacial score (nSPS) is 15.9. The minimum absolute atomic E-state index is 0.965. The highest BCUT2D eigenvalue weighted by Crippen LogP contribution is 2.66. The first-order valence-electron chi connectivity index (χ1n) is 2.67. The van der Waals surface area contributed by atoms with E-state index in [1.807, 2.05) is 0 Å². The van der Waals surface area contributed by atoms with Crippen molar-refractivity contribution in [1.29, 1.82) is 0 Å². The van der Waals surface area contributed by atoms with Crippen molar-refractivity contribution in [3.63, 3.8) is 0 Å². The third-order valence-electron chi connectivity index (χ3n) is 1.23. The summed E-state index contributed by atoms with van der Waals surface area (Å²) in [7, 11) is 0. The van der Waals surface area contributed by atoms with Crippen LogP contribution in [0.25, 0.3) is 0 Å². The van der Waals surface area contributed by atoms with Crippen LogP contribution in [0, 0.1) is 0 Å². The van der Waals surface area contributed by atoms with Gasteiger partial charge in [-0.05, 0) is 0 Å². The Morgan fingerprint density at radius 2 is 0.643 bits per heavy atom. The van der Waals surface area contributed by atoms with Gasteiger partial charge in [0, 0.05) is 0 Å². The van der Waals surface area contributed by atoms with E-state index in [9.17, 15) is 5.11 Å². The lowest BCUT2D eigenvalue weighted by molar-refractivity contribution is 0.0837. The van der Waals surface area contributed by atoms with Crippen molar-refractivity contribution in [2.45, 2.75) is 12.0 Å². The second-order valence-corrected chi connectivity index (χ2v) is 22.5. The lowest BCUT2D eigenvalue weighted by Gasteiger charge is -2.46. The summed E-state index contributed by atoms with van der Waals surface area (Å²) in [5, 5.41) is 10.6. The molecule has 0 heterocycles. The third-order valence-corrected chi connectivity index (χ3v) is 6.40. The van der Waals surface area contributed by atoms with Crippen molar-refractivity contribution in [2.75, 3.05) is 0 Å². The largest absolute Gasteiger partial charge is 0.380 e. The molecule has 86 valence electrons. The molecular formula is C4HBr9O. The van der Waals surface area contributed by atoms with Crippen LogP contribution in [0.15, 0.2) is 0 Å². The van der Waals surface area contributed by atoms with Crippen molar-refractivity contribution in [1.82, 2.24) is 0 Å². The minimum atomic E-state index is -1.44. The maximum absolute atomic E-state index is 10.6. The molecule has 0 fully saturated rings. The fourth-order valence-corrected chi connectivity index (χ4v) is 13.0. The third kappa shape index (κ3) is 3.88. The van der Waals surface area contributed by atoms with Crippen molar-refractivity contribution < 1.29 is 5.11 Å². The molecule has 0 unspecified atom stereocenters. The van der Waals surface area contributed by atoms with Gasteiger partial charge in [-0.3, -0.25) is 0 Å². The second-order valence-electron chi connectivity index (χ2n) is 2.20. The standard InChI is InChI=1S/C4HBr9O/c5-2(6,7)1(14,3(8,9)10)4(11,12)13/h14H. The molecule has 0 aliphatic carbocycles. The van der Waals surface area contributed by atoms with Gasteiger partial charge in [0.15, 0.2) is 12.0 Å². The van der Waals surface area contributed by atoms with Gasteiger partial charge in [-0.2, -0.15) is 0 Å². The zero-order valence-corrected chi connectivity index (χ0v) is 20.1. The topological polar surface area (TPSA) is 20.2 Å². The zero-order chi connectivity index (χ0) is 12.0. The van der Waals surface area contributed by atoms with Gasteiger partial charge in [-0.15, -0.1) is 0 Å². The summed E-state index contributed by atoms with van der Waals surface area (Å²) in [4.78, 5) is 0. The smallest absolute Gasteiger partial charge is 0.169 e. The Hall–Kier alpha value is 4.28. The molecule has 10 heteroatoms. The van der Waals surface area contributed by atoms with Crippen molar-refractivity contribution in [3.05, 3.63) is 0 Å². The molecule has 0 aromatic carbocycles. The summed E-state index contributed by atoms with van der Waals surface area (Å²) in [5.41, 5.74) is -1.44. The van der Waals surface area contributed by atoms with Gasteiger partial charge >= 0.3 is 0 Å². The Bertz CT molecular complexity index is 170. The van der Waals surface area contributed by atoms with Crippen LogP contribution in [0.4, 0.5) is 0 Å². The number of hydrogen-bond donors (Lipinski definition) is 1. The summed E-state index contributed by atoms with van der Waals surface area (Å²) < 4.78 is -2.90. The van der Waals surface area contributed by atoms with Crippen molar-refractivity contribution >= 4 is 143 Å². The molecule has 0 saturated heterocycles. The maximum atomic E-state index is 10.6. The van der Waals surface area contributed by atoms with Crippen LogP contribution in [0.2, 0.25) is 0 Å². The highest BCUT2D eigenvalue weighted by atomic mass is 80.0. The lowest BCUT2D eigenvalue weighted by Crippen LogP contribution is -2.60. The minimum Gasteiger partial charge on any atom is -0.380 e. The van der Waals surface area contributed by atoms with E-state index in [1.165, 1.54) is 0 Å². The fourth-order valence-electron chi connectivity index (χ4n) is 0.482. The molecule has 0 spiro atoms. The van der Waals surface area contributed by atoms with Gasteiger partial charge in [-0.25, -0.2) is 0 Å². The SMILES string of the molecule is OC(C(Br)(Br)Br)(C(Br)(Br)Br)C(Br)(Br)Br. The van der Waals surface area contributed by atoms with E-state index in [4.69, 9.17) is 0 Å². The molecule has 0 radical (unpaired) electrons. The van der Waals surface area contributed by atoms with Crippen LogP contribution in [-0.2, 0) is 0 Å². The first-order chi connectivity index (χ1) is 5.75. The molecule has 0 amide bonds. The molecule has 1 N–H and O–H groups in total. The van der Waals surface area contributed by atoms with Gasteiger partial charge in [0.2, 0.25) is 0 Å². The van der Waals surface area contributed by atoms with Gasteiger partial charge < -0.3 is 5.11 Å². The Morgan fingerprint density at radius 1 is 0.500 bits per heavy atom. The summed E-state index contributed by atoms with van der Waals surface area (Å²) in [6.45, 7) is 0. The van der Waals surface area contributed by atoms with Gasteiger partial charge in [-0.1, -0.05) is 143 Å². The van der Waals surface area contributed by atoms with E-state index >= 15 is 0 Å². The van der Waals surface area contributed by atoms with Gasteiger partial charge in [0.05, 0.1) is 0 Å². The molecule has 0 saturated carbocycles. The second kappa shape index (κ2) is 5.73. The summed E-state index contributed by atoms with van der Waals surface area (Å²) in [6, 6.07) is 0. The average Bonchev–Trinajstić information content (AvgIpc) is 1.77. The highest BCUT2D eigenvalue weighted by Gasteiger charge is 2.67. The quantitative estimate of drug-likeness (QED) is 0.289. The maximum Gasteiger partial charge on any atom is 0.169 e. The van der Waals surface area contributed by atoms with E-state index in [0.29, 0.717) is 0 Å². The zero-order valence-electron chi connectivity index (χ0n) is 5.85. The van der Waals surface area contributed by atoms with Crippen LogP contribution in [0.5, 0.6) is 0 Å². The number of aliphatic hydroxyl groups is 1. The first kappa shape index (κ1) is 18.3. The van der Waals surface area contributed by atoms with Gasteiger partial charge in [0.1, 0.15) is 0 Å². The summed E-state index contributed by atoms with van der Waals surface area (Å²) in [5.74, 6) is 0. The van der Waals surface area contributed by atoms with E-state index in [0.717, 1.165) is 0 Å². The molecule has 0 aromatic rings. The monoisotopic (exact) mass is 775 g/mol. The van der Waals surface area contributed by atoms with Gasteiger partial charge in [0.25, 0.3) is 0 Å². The van der Waals surface area contributed by atoms with Crippen LogP contribution in [0.3, 0.4) is 0 Å². The first-order valence-corrected chi connectivity index (χ1v) is 9.81. The predicted octanol–water partition coefficient (Wildman–Crippen LogP) is 6.23. The van der Waals surface area contributed by atoms with Crippen LogP contribution in [-0.4, -0.2) is 17.1 Å².